The molecule has 2 aromatic carbocycles. The molecule has 0 bridgehead atoms. The van der Waals surface area contributed by atoms with E-state index in [0.29, 0.717) is 12.4 Å². The molecule has 146 valence electrons. The quantitative estimate of drug-likeness (QED) is 0.607. The van der Waals surface area contributed by atoms with Gasteiger partial charge in [-0.1, -0.05) is 28.1 Å². The molecule has 1 atom stereocenters. The first-order chi connectivity index (χ1) is 12.8. The van der Waals surface area contributed by atoms with Gasteiger partial charge in [-0.2, -0.15) is 0 Å². The molecule has 1 amide bonds. The second-order valence-corrected chi connectivity index (χ2v) is 8.58. The number of carbonyl (C=O) groups is 1. The molecule has 27 heavy (non-hydrogen) atoms. The first kappa shape index (κ1) is 21.4. The lowest BCUT2D eigenvalue weighted by Gasteiger charge is -2.15. The molecule has 0 spiro atoms. The van der Waals surface area contributed by atoms with Crippen LogP contribution in [0.25, 0.3) is 0 Å². The van der Waals surface area contributed by atoms with Crippen LogP contribution >= 0.6 is 15.9 Å². The van der Waals surface area contributed by atoms with Crippen molar-refractivity contribution in [2.24, 2.45) is 0 Å². The summed E-state index contributed by atoms with van der Waals surface area (Å²) in [6.45, 7) is 4.27. The maximum absolute atomic E-state index is 12.3. The lowest BCUT2D eigenvalue weighted by atomic mass is 10.1. The summed E-state index contributed by atoms with van der Waals surface area (Å²) >= 11 is 3.40. The van der Waals surface area contributed by atoms with Crippen molar-refractivity contribution in [2.45, 2.75) is 31.2 Å². The Labute approximate surface area is 168 Å². The van der Waals surface area contributed by atoms with Gasteiger partial charge in [0.05, 0.1) is 17.5 Å². The largest absolute Gasteiger partial charge is 0.494 e. The highest BCUT2D eigenvalue weighted by atomic mass is 79.9. The molecule has 0 heterocycles. The summed E-state index contributed by atoms with van der Waals surface area (Å²) in [5.74, 6) is 0.384. The van der Waals surface area contributed by atoms with Gasteiger partial charge in [0.1, 0.15) is 5.75 Å². The Morgan fingerprint density at radius 2 is 1.89 bits per heavy atom. The molecule has 2 rings (SSSR count). The van der Waals surface area contributed by atoms with Crippen LogP contribution in [-0.4, -0.2) is 27.5 Å². The lowest BCUT2D eigenvalue weighted by Crippen LogP contribution is -2.32. The van der Waals surface area contributed by atoms with Gasteiger partial charge in [-0.3, -0.25) is 4.79 Å². The number of sulfonamides is 1. The minimum Gasteiger partial charge on any atom is -0.494 e. The Balaban J connectivity index is 1.84. The third-order valence-electron chi connectivity index (χ3n) is 3.82. The van der Waals surface area contributed by atoms with Crippen LogP contribution in [0.4, 0.5) is 0 Å². The summed E-state index contributed by atoms with van der Waals surface area (Å²) in [5, 5.41) is 2.86. The smallest absolute Gasteiger partial charge is 0.240 e. The zero-order valence-electron chi connectivity index (χ0n) is 15.2. The van der Waals surface area contributed by atoms with E-state index >= 15 is 0 Å². The summed E-state index contributed by atoms with van der Waals surface area (Å²) in [4.78, 5) is 12.2. The Bertz CT molecular complexity index is 870. The SMILES string of the molecule is CCOc1ccc(S(=O)(=O)NCCC(=O)NC(C)c2cccc(Br)c2)cc1. The molecule has 0 saturated carbocycles. The molecule has 6 nitrogen and oxygen atoms in total. The zero-order chi connectivity index (χ0) is 19.9. The van der Waals surface area contributed by atoms with E-state index in [9.17, 15) is 13.2 Å². The van der Waals surface area contributed by atoms with E-state index in [2.05, 4.69) is 26.0 Å². The average Bonchev–Trinajstić information content (AvgIpc) is 2.62. The van der Waals surface area contributed by atoms with Gasteiger partial charge in [0, 0.05) is 17.4 Å². The molecule has 0 radical (unpaired) electrons. The summed E-state index contributed by atoms with van der Waals surface area (Å²) < 4.78 is 33.2. The average molecular weight is 455 g/mol. The van der Waals surface area contributed by atoms with Crippen LogP contribution in [0.15, 0.2) is 57.9 Å². The van der Waals surface area contributed by atoms with Crippen LogP contribution in [0.2, 0.25) is 0 Å². The first-order valence-corrected chi connectivity index (χ1v) is 10.9. The van der Waals surface area contributed by atoms with Crippen molar-refractivity contribution in [1.29, 1.82) is 0 Å². The lowest BCUT2D eigenvalue weighted by molar-refractivity contribution is -0.121. The number of amides is 1. The standard InChI is InChI=1S/C19H23BrN2O4S/c1-3-26-17-7-9-18(10-8-17)27(24,25)21-12-11-19(23)22-14(2)15-5-4-6-16(20)13-15/h4-10,13-14,21H,3,11-12H2,1-2H3,(H,22,23). The highest BCUT2D eigenvalue weighted by Gasteiger charge is 2.15. The van der Waals surface area contributed by atoms with Crippen LogP contribution < -0.4 is 14.8 Å². The molecule has 0 saturated heterocycles. The third kappa shape index (κ3) is 6.64. The van der Waals surface area contributed by atoms with Crippen molar-refractivity contribution >= 4 is 31.9 Å². The van der Waals surface area contributed by atoms with Crippen molar-refractivity contribution in [3.05, 3.63) is 58.6 Å². The number of hydrogen-bond acceptors (Lipinski definition) is 4. The normalized spacial score (nSPS) is 12.4. The van der Waals surface area contributed by atoms with Gasteiger partial charge >= 0.3 is 0 Å². The van der Waals surface area contributed by atoms with E-state index in [0.717, 1.165) is 10.0 Å². The Morgan fingerprint density at radius 3 is 2.52 bits per heavy atom. The molecule has 0 aromatic heterocycles. The number of rotatable bonds is 9. The summed E-state index contributed by atoms with van der Waals surface area (Å²) in [5.41, 5.74) is 0.965. The van der Waals surface area contributed by atoms with Gasteiger partial charge in [-0.05, 0) is 55.8 Å². The topological polar surface area (TPSA) is 84.5 Å². The molecule has 0 aliphatic carbocycles. The molecular formula is C19H23BrN2O4S. The minimum absolute atomic E-state index is 0.0204. The van der Waals surface area contributed by atoms with Crippen molar-refractivity contribution in [2.75, 3.05) is 13.2 Å². The molecular weight excluding hydrogens is 432 g/mol. The van der Waals surface area contributed by atoms with Crippen molar-refractivity contribution in [1.82, 2.24) is 10.0 Å². The molecule has 0 fully saturated rings. The molecule has 0 aliphatic rings. The highest BCUT2D eigenvalue weighted by molar-refractivity contribution is 9.10. The van der Waals surface area contributed by atoms with Gasteiger partial charge in [0.2, 0.25) is 15.9 Å². The van der Waals surface area contributed by atoms with Crippen molar-refractivity contribution in [3.63, 3.8) is 0 Å². The van der Waals surface area contributed by atoms with Gasteiger partial charge in [-0.15, -0.1) is 0 Å². The van der Waals surface area contributed by atoms with E-state index in [-0.39, 0.29) is 29.8 Å². The number of halogens is 1. The Hall–Kier alpha value is -1.90. The van der Waals surface area contributed by atoms with E-state index in [4.69, 9.17) is 4.74 Å². The Kier molecular flexibility index (Phi) is 7.82. The number of nitrogens with one attached hydrogen (secondary N) is 2. The number of benzene rings is 2. The molecule has 0 aliphatic heterocycles. The van der Waals surface area contributed by atoms with Gasteiger partial charge in [-0.25, -0.2) is 13.1 Å². The van der Waals surface area contributed by atoms with E-state index in [1.807, 2.05) is 38.1 Å². The fourth-order valence-corrected chi connectivity index (χ4v) is 3.89. The van der Waals surface area contributed by atoms with E-state index in [1.165, 1.54) is 12.1 Å². The fourth-order valence-electron chi connectivity index (χ4n) is 2.44. The Morgan fingerprint density at radius 1 is 1.19 bits per heavy atom. The van der Waals surface area contributed by atoms with Crippen LogP contribution in [-0.2, 0) is 14.8 Å². The van der Waals surface area contributed by atoms with Gasteiger partial charge in [0.15, 0.2) is 0 Å². The maximum atomic E-state index is 12.3. The monoisotopic (exact) mass is 454 g/mol. The highest BCUT2D eigenvalue weighted by Crippen LogP contribution is 2.18. The third-order valence-corrected chi connectivity index (χ3v) is 5.79. The predicted molar refractivity (Wildman–Crippen MR) is 108 cm³/mol. The van der Waals surface area contributed by atoms with Crippen molar-refractivity contribution in [3.8, 4) is 5.75 Å². The molecule has 1 unspecified atom stereocenters. The zero-order valence-corrected chi connectivity index (χ0v) is 17.6. The summed E-state index contributed by atoms with van der Waals surface area (Å²) in [6.07, 6.45) is 0.0502. The van der Waals surface area contributed by atoms with Gasteiger partial charge in [0.25, 0.3) is 0 Å². The number of carbonyl (C=O) groups excluding carboxylic acids is 1. The second kappa shape index (κ2) is 9.87. The molecule has 8 heteroatoms. The minimum atomic E-state index is -3.67. The summed E-state index contributed by atoms with van der Waals surface area (Å²) in [7, 11) is -3.67. The molecule has 2 aromatic rings. The van der Waals surface area contributed by atoms with Crippen LogP contribution in [0.1, 0.15) is 31.9 Å². The second-order valence-electron chi connectivity index (χ2n) is 5.90. The predicted octanol–water partition coefficient (Wildman–Crippen LogP) is 3.39. The maximum Gasteiger partial charge on any atom is 0.240 e. The number of ether oxygens (including phenoxy) is 1. The van der Waals surface area contributed by atoms with Gasteiger partial charge < -0.3 is 10.1 Å². The van der Waals surface area contributed by atoms with Crippen molar-refractivity contribution < 1.29 is 17.9 Å². The number of hydrogen-bond donors (Lipinski definition) is 2. The van der Waals surface area contributed by atoms with Crippen LogP contribution in [0, 0.1) is 0 Å². The summed E-state index contributed by atoms with van der Waals surface area (Å²) in [6, 6.07) is 13.6. The van der Waals surface area contributed by atoms with E-state index < -0.39 is 10.0 Å². The van der Waals surface area contributed by atoms with Crippen LogP contribution in [0.5, 0.6) is 5.75 Å². The fraction of sp³-hybridized carbons (Fsp3) is 0.316. The van der Waals surface area contributed by atoms with Crippen LogP contribution in [0.3, 0.4) is 0 Å². The first-order valence-electron chi connectivity index (χ1n) is 8.59. The molecule has 2 N–H and O–H groups in total. The van der Waals surface area contributed by atoms with E-state index in [1.54, 1.807) is 12.1 Å².